The van der Waals surface area contributed by atoms with Gasteiger partial charge in [-0.15, -0.1) is 11.3 Å². The van der Waals surface area contributed by atoms with E-state index in [0.29, 0.717) is 6.42 Å². The summed E-state index contributed by atoms with van der Waals surface area (Å²) in [7, 11) is 0. The average Bonchev–Trinajstić information content (AvgIpc) is 3.00. The molecule has 1 aromatic carbocycles. The van der Waals surface area contributed by atoms with Crippen LogP contribution in [0, 0.1) is 19.8 Å². The molecule has 1 saturated heterocycles. The highest BCUT2D eigenvalue weighted by atomic mass is 32.1. The van der Waals surface area contributed by atoms with E-state index in [1.165, 1.54) is 12.8 Å². The highest BCUT2D eigenvalue weighted by Gasteiger charge is 2.17. The van der Waals surface area contributed by atoms with Gasteiger partial charge < -0.3 is 5.32 Å². The van der Waals surface area contributed by atoms with E-state index in [-0.39, 0.29) is 5.91 Å². The number of nitrogens with one attached hydrogen (secondary N) is 1. The standard InChI is InChI=1S/C20H27N3OS/c1-14-6-8-23(9-7-14)12-17-13-25-20(21-17)11-19(24)22-18-10-15(2)4-5-16(18)3/h4-5,10,13-14H,6-9,11-12H2,1-3H3,(H,22,24). The van der Waals surface area contributed by atoms with Gasteiger partial charge in [-0.3, -0.25) is 9.69 Å². The predicted octanol–water partition coefficient (Wildman–Crippen LogP) is 4.17. The van der Waals surface area contributed by atoms with E-state index < -0.39 is 0 Å². The molecular weight excluding hydrogens is 330 g/mol. The van der Waals surface area contributed by atoms with Crippen molar-refractivity contribution >= 4 is 22.9 Å². The number of nitrogens with zero attached hydrogens (tertiary/aromatic N) is 2. The second-order valence-electron chi connectivity index (χ2n) is 7.23. The van der Waals surface area contributed by atoms with Crippen molar-refractivity contribution in [3.8, 4) is 0 Å². The van der Waals surface area contributed by atoms with Crippen molar-refractivity contribution < 1.29 is 4.79 Å². The lowest BCUT2D eigenvalue weighted by atomic mass is 9.99. The number of piperidine rings is 1. The van der Waals surface area contributed by atoms with Gasteiger partial charge in [-0.1, -0.05) is 19.1 Å². The summed E-state index contributed by atoms with van der Waals surface area (Å²) in [5.74, 6) is 0.845. The molecule has 3 rings (SSSR count). The van der Waals surface area contributed by atoms with Gasteiger partial charge in [-0.25, -0.2) is 4.98 Å². The molecule has 5 heteroatoms. The van der Waals surface area contributed by atoms with E-state index in [4.69, 9.17) is 0 Å². The minimum atomic E-state index is 0.00129. The Morgan fingerprint density at radius 1 is 1.32 bits per heavy atom. The Morgan fingerprint density at radius 3 is 2.84 bits per heavy atom. The largest absolute Gasteiger partial charge is 0.325 e. The molecule has 25 heavy (non-hydrogen) atoms. The zero-order valence-corrected chi connectivity index (χ0v) is 16.2. The summed E-state index contributed by atoms with van der Waals surface area (Å²) in [4.78, 5) is 19.5. The van der Waals surface area contributed by atoms with E-state index >= 15 is 0 Å². The zero-order chi connectivity index (χ0) is 17.8. The third-order valence-corrected chi connectivity index (χ3v) is 5.74. The molecule has 0 radical (unpaired) electrons. The zero-order valence-electron chi connectivity index (χ0n) is 15.3. The summed E-state index contributed by atoms with van der Waals surface area (Å²) in [6.45, 7) is 9.58. The average molecular weight is 358 g/mol. The van der Waals surface area contributed by atoms with E-state index in [9.17, 15) is 4.79 Å². The summed E-state index contributed by atoms with van der Waals surface area (Å²) in [6.07, 6.45) is 2.89. The van der Waals surface area contributed by atoms with Crippen LogP contribution in [0.15, 0.2) is 23.6 Å². The number of aromatic nitrogens is 1. The van der Waals surface area contributed by atoms with Gasteiger partial charge >= 0.3 is 0 Å². The third-order valence-electron chi connectivity index (χ3n) is 4.84. The van der Waals surface area contributed by atoms with Gasteiger partial charge in [-0.05, 0) is 62.9 Å². The number of aryl methyl sites for hydroxylation is 2. The Kier molecular flexibility index (Phi) is 5.86. The van der Waals surface area contributed by atoms with Gasteiger partial charge in [0.25, 0.3) is 0 Å². The summed E-state index contributed by atoms with van der Waals surface area (Å²) < 4.78 is 0. The second kappa shape index (κ2) is 8.11. The van der Waals surface area contributed by atoms with Gasteiger partial charge in [-0.2, -0.15) is 0 Å². The number of rotatable bonds is 5. The molecule has 0 spiro atoms. The van der Waals surface area contributed by atoms with E-state index in [1.807, 2.05) is 26.0 Å². The van der Waals surface area contributed by atoms with Gasteiger partial charge in [0.1, 0.15) is 5.01 Å². The minimum absolute atomic E-state index is 0.00129. The fourth-order valence-corrected chi connectivity index (χ4v) is 3.94. The molecule has 1 fully saturated rings. The lowest BCUT2D eigenvalue weighted by Gasteiger charge is -2.29. The number of carbonyl (C=O) groups is 1. The van der Waals surface area contributed by atoms with E-state index in [1.54, 1.807) is 11.3 Å². The molecule has 1 aliphatic rings. The molecule has 0 unspecified atom stereocenters. The molecule has 1 amide bonds. The highest BCUT2D eigenvalue weighted by Crippen LogP contribution is 2.20. The van der Waals surface area contributed by atoms with E-state index in [2.05, 4.69) is 33.6 Å². The van der Waals surface area contributed by atoms with Crippen LogP contribution in [0.5, 0.6) is 0 Å². The Balaban J connectivity index is 1.54. The smallest absolute Gasteiger partial charge is 0.231 e. The van der Waals surface area contributed by atoms with Crippen LogP contribution in [-0.4, -0.2) is 28.9 Å². The first-order chi connectivity index (χ1) is 12.0. The van der Waals surface area contributed by atoms with E-state index in [0.717, 1.165) is 53.1 Å². The van der Waals surface area contributed by atoms with Crippen LogP contribution in [0.3, 0.4) is 0 Å². The molecular formula is C20H27N3OS. The lowest BCUT2D eigenvalue weighted by molar-refractivity contribution is -0.115. The molecule has 2 aromatic rings. The maximum absolute atomic E-state index is 12.3. The van der Waals surface area contributed by atoms with Crippen molar-refractivity contribution in [2.24, 2.45) is 5.92 Å². The monoisotopic (exact) mass is 357 g/mol. The molecule has 0 bridgehead atoms. The number of hydrogen-bond acceptors (Lipinski definition) is 4. The topological polar surface area (TPSA) is 45.2 Å². The van der Waals surface area contributed by atoms with Crippen molar-refractivity contribution in [1.82, 2.24) is 9.88 Å². The maximum atomic E-state index is 12.3. The summed E-state index contributed by atoms with van der Waals surface area (Å²) in [5, 5.41) is 6.00. The van der Waals surface area contributed by atoms with Crippen LogP contribution >= 0.6 is 11.3 Å². The maximum Gasteiger partial charge on any atom is 0.231 e. The van der Waals surface area contributed by atoms with Crippen molar-refractivity contribution in [3.63, 3.8) is 0 Å². The van der Waals surface area contributed by atoms with Crippen LogP contribution in [-0.2, 0) is 17.8 Å². The molecule has 0 saturated carbocycles. The van der Waals surface area contributed by atoms with Gasteiger partial charge in [0.2, 0.25) is 5.91 Å². The lowest BCUT2D eigenvalue weighted by Crippen LogP contribution is -2.32. The first kappa shape index (κ1) is 18.1. The van der Waals surface area contributed by atoms with Crippen LogP contribution in [0.4, 0.5) is 5.69 Å². The van der Waals surface area contributed by atoms with Crippen molar-refractivity contribution in [1.29, 1.82) is 0 Å². The quantitative estimate of drug-likeness (QED) is 0.873. The third kappa shape index (κ3) is 5.13. The Morgan fingerprint density at radius 2 is 2.08 bits per heavy atom. The van der Waals surface area contributed by atoms with Crippen LogP contribution < -0.4 is 5.32 Å². The fourth-order valence-electron chi connectivity index (χ4n) is 3.15. The molecule has 1 aromatic heterocycles. The molecule has 4 nitrogen and oxygen atoms in total. The SMILES string of the molecule is Cc1ccc(C)c(NC(=O)Cc2nc(CN3CCC(C)CC3)cs2)c1. The molecule has 0 atom stereocenters. The molecule has 134 valence electrons. The van der Waals surface area contributed by atoms with Crippen molar-refractivity contribution in [2.45, 2.75) is 46.6 Å². The Hall–Kier alpha value is -1.72. The number of anilines is 1. The number of benzene rings is 1. The van der Waals surface area contributed by atoms with Gasteiger partial charge in [0.05, 0.1) is 12.1 Å². The van der Waals surface area contributed by atoms with Crippen LogP contribution in [0.2, 0.25) is 0 Å². The second-order valence-corrected chi connectivity index (χ2v) is 8.18. The summed E-state index contributed by atoms with van der Waals surface area (Å²) >= 11 is 1.59. The molecule has 0 aliphatic carbocycles. The van der Waals surface area contributed by atoms with Crippen molar-refractivity contribution in [3.05, 3.63) is 45.4 Å². The summed E-state index contributed by atoms with van der Waals surface area (Å²) in [6, 6.07) is 6.10. The summed E-state index contributed by atoms with van der Waals surface area (Å²) in [5.41, 5.74) is 4.21. The van der Waals surface area contributed by atoms with Crippen LogP contribution in [0.25, 0.3) is 0 Å². The first-order valence-electron chi connectivity index (χ1n) is 9.02. The van der Waals surface area contributed by atoms with Crippen LogP contribution in [0.1, 0.15) is 41.6 Å². The molecule has 1 aliphatic heterocycles. The van der Waals surface area contributed by atoms with Gasteiger partial charge in [0.15, 0.2) is 0 Å². The molecule has 2 heterocycles. The Labute approximate surface area is 154 Å². The van der Waals surface area contributed by atoms with Crippen molar-refractivity contribution in [2.75, 3.05) is 18.4 Å². The predicted molar refractivity (Wildman–Crippen MR) is 104 cm³/mol. The van der Waals surface area contributed by atoms with Gasteiger partial charge in [0, 0.05) is 17.6 Å². The normalized spacial score (nSPS) is 16.1. The number of carbonyl (C=O) groups excluding carboxylic acids is 1. The number of amides is 1. The number of likely N-dealkylation sites (tertiary alicyclic amines) is 1. The number of hydrogen-bond donors (Lipinski definition) is 1. The Bertz CT molecular complexity index is 732. The minimum Gasteiger partial charge on any atom is -0.325 e. The highest BCUT2D eigenvalue weighted by molar-refractivity contribution is 7.09. The fraction of sp³-hybridized carbons (Fsp3) is 0.500. The number of thiazole rings is 1. The first-order valence-corrected chi connectivity index (χ1v) is 9.90. The molecule has 1 N–H and O–H groups in total.